The van der Waals surface area contributed by atoms with Crippen molar-refractivity contribution in [1.82, 2.24) is 0 Å². The Hall–Kier alpha value is -0.610. The fourth-order valence-corrected chi connectivity index (χ4v) is 5.66. The maximum Gasteiger partial charge on any atom is 0.174 e. The lowest BCUT2D eigenvalue weighted by Crippen LogP contribution is -2.39. The number of carbonyl (C=O) groups is 1. The minimum atomic E-state index is -1.10. The van der Waals surface area contributed by atoms with Crippen LogP contribution >= 0.6 is 11.8 Å². The van der Waals surface area contributed by atoms with Gasteiger partial charge in [0.2, 0.25) is 0 Å². The maximum atomic E-state index is 12.2. The third kappa shape index (κ3) is 1.84. The standard InChI is InChI=1S/C12H14O2S2/c1-10(13)12(11-6-3-2-4-7-11)15-8-5-9-16(12)14/h2-4,6-7H,5,8-9H2,1H3/t12-,16?/m1/s1. The number of hydrogen-bond acceptors (Lipinski definition) is 3. The van der Waals surface area contributed by atoms with E-state index >= 15 is 0 Å². The third-order valence-corrected chi connectivity index (χ3v) is 6.87. The molecule has 4 heteroatoms. The highest BCUT2D eigenvalue weighted by Crippen LogP contribution is 2.44. The summed E-state index contributed by atoms with van der Waals surface area (Å²) >= 11 is 1.53. The van der Waals surface area contributed by atoms with Gasteiger partial charge >= 0.3 is 0 Å². The summed E-state index contributed by atoms with van der Waals surface area (Å²) in [5.74, 6) is 1.53. The zero-order valence-corrected chi connectivity index (χ0v) is 10.8. The van der Waals surface area contributed by atoms with E-state index in [1.807, 2.05) is 30.3 Å². The van der Waals surface area contributed by atoms with Crippen LogP contribution in [0, 0.1) is 0 Å². The van der Waals surface area contributed by atoms with Crippen LogP contribution in [0.4, 0.5) is 0 Å². The molecule has 0 spiro atoms. The molecule has 1 aromatic carbocycles. The Bertz CT molecular complexity index is 416. The van der Waals surface area contributed by atoms with Gasteiger partial charge in [-0.3, -0.25) is 9.00 Å². The summed E-state index contributed by atoms with van der Waals surface area (Å²) < 4.78 is 11.4. The summed E-state index contributed by atoms with van der Waals surface area (Å²) in [6, 6.07) is 9.50. The number of Topliss-reactive ketones (excluding diaryl/α,β-unsaturated/α-hetero) is 1. The zero-order chi connectivity index (χ0) is 11.6. The van der Waals surface area contributed by atoms with E-state index in [1.54, 1.807) is 6.92 Å². The van der Waals surface area contributed by atoms with Crippen LogP contribution in [0.3, 0.4) is 0 Å². The van der Waals surface area contributed by atoms with E-state index in [1.165, 1.54) is 11.8 Å². The third-order valence-electron chi connectivity index (χ3n) is 2.72. The number of rotatable bonds is 2. The van der Waals surface area contributed by atoms with Gasteiger partial charge in [-0.2, -0.15) is 0 Å². The molecule has 2 atom stereocenters. The molecule has 0 aliphatic carbocycles. The monoisotopic (exact) mass is 254 g/mol. The van der Waals surface area contributed by atoms with E-state index in [4.69, 9.17) is 0 Å². The normalized spacial score (nSPS) is 29.9. The predicted molar refractivity (Wildman–Crippen MR) is 68.9 cm³/mol. The van der Waals surface area contributed by atoms with Gasteiger partial charge in [0.15, 0.2) is 9.86 Å². The molecule has 2 nitrogen and oxygen atoms in total. The summed E-state index contributed by atoms with van der Waals surface area (Å²) in [5.41, 5.74) is 0.880. The first kappa shape index (κ1) is 11.9. The number of hydrogen-bond donors (Lipinski definition) is 0. The molecule has 1 unspecified atom stereocenters. The zero-order valence-electron chi connectivity index (χ0n) is 9.14. The molecule has 1 aliphatic rings. The van der Waals surface area contributed by atoms with E-state index < -0.39 is 14.9 Å². The minimum absolute atomic E-state index is 0.00160. The van der Waals surface area contributed by atoms with Crippen molar-refractivity contribution < 1.29 is 9.00 Å². The average Bonchev–Trinajstić information content (AvgIpc) is 2.30. The van der Waals surface area contributed by atoms with E-state index in [0.29, 0.717) is 5.75 Å². The van der Waals surface area contributed by atoms with Crippen molar-refractivity contribution >= 4 is 28.3 Å². The fourth-order valence-electron chi connectivity index (χ4n) is 1.95. The lowest BCUT2D eigenvalue weighted by Gasteiger charge is -2.33. The van der Waals surface area contributed by atoms with Gasteiger partial charge in [0.1, 0.15) is 0 Å². The number of thioether (sulfide) groups is 1. The van der Waals surface area contributed by atoms with Crippen molar-refractivity contribution in [3.63, 3.8) is 0 Å². The first-order valence-corrected chi connectivity index (χ1v) is 7.57. The molecule has 1 heterocycles. The van der Waals surface area contributed by atoms with E-state index in [-0.39, 0.29) is 5.78 Å². The molecule has 1 fully saturated rings. The molecular weight excluding hydrogens is 240 g/mol. The molecule has 0 radical (unpaired) electrons. The molecule has 1 saturated heterocycles. The smallest absolute Gasteiger partial charge is 0.174 e. The molecule has 86 valence electrons. The topological polar surface area (TPSA) is 34.1 Å². The maximum absolute atomic E-state index is 12.2. The van der Waals surface area contributed by atoms with Crippen LogP contribution in [0.5, 0.6) is 0 Å². The quantitative estimate of drug-likeness (QED) is 0.812. The Morgan fingerprint density at radius 1 is 1.38 bits per heavy atom. The predicted octanol–water partition coefficient (Wildman–Crippen LogP) is 2.31. The Morgan fingerprint density at radius 2 is 2.06 bits per heavy atom. The molecule has 0 amide bonds. The van der Waals surface area contributed by atoms with Crippen molar-refractivity contribution in [1.29, 1.82) is 0 Å². The highest BCUT2D eigenvalue weighted by atomic mass is 32.2. The van der Waals surface area contributed by atoms with Crippen molar-refractivity contribution in [2.75, 3.05) is 11.5 Å². The minimum Gasteiger partial charge on any atom is -0.297 e. The van der Waals surface area contributed by atoms with Crippen LogP contribution in [-0.4, -0.2) is 21.5 Å². The molecule has 1 aliphatic heterocycles. The first-order chi connectivity index (χ1) is 7.68. The van der Waals surface area contributed by atoms with Gasteiger partial charge in [-0.25, -0.2) is 0 Å². The molecule has 0 N–H and O–H groups in total. The average molecular weight is 254 g/mol. The first-order valence-electron chi connectivity index (χ1n) is 5.27. The molecule has 2 rings (SSSR count). The Kier molecular flexibility index (Phi) is 3.50. The fraction of sp³-hybridized carbons (Fsp3) is 0.417. The van der Waals surface area contributed by atoms with Crippen LogP contribution in [0.1, 0.15) is 18.9 Å². The second-order valence-electron chi connectivity index (χ2n) is 3.79. The van der Waals surface area contributed by atoms with Gasteiger partial charge in [-0.15, -0.1) is 11.8 Å². The molecular formula is C12H14O2S2. The van der Waals surface area contributed by atoms with Gasteiger partial charge in [0, 0.05) is 16.6 Å². The lowest BCUT2D eigenvalue weighted by atomic mass is 10.1. The Labute approximate surface area is 102 Å². The molecule has 0 bridgehead atoms. The number of benzene rings is 1. The number of ketones is 1. The van der Waals surface area contributed by atoms with Crippen LogP contribution < -0.4 is 0 Å². The lowest BCUT2D eigenvalue weighted by molar-refractivity contribution is -0.117. The van der Waals surface area contributed by atoms with E-state index in [9.17, 15) is 9.00 Å². The van der Waals surface area contributed by atoms with Crippen LogP contribution in [-0.2, 0) is 19.7 Å². The second kappa shape index (κ2) is 4.72. The summed E-state index contributed by atoms with van der Waals surface area (Å²) in [5, 5.41) is 0. The summed E-state index contributed by atoms with van der Waals surface area (Å²) in [6.07, 6.45) is 0.930. The molecule has 0 saturated carbocycles. The van der Waals surface area contributed by atoms with Crippen molar-refractivity contribution in [2.24, 2.45) is 0 Å². The van der Waals surface area contributed by atoms with Crippen molar-refractivity contribution in [3.05, 3.63) is 35.9 Å². The summed E-state index contributed by atoms with van der Waals surface area (Å²) in [7, 11) is -1.10. The van der Waals surface area contributed by atoms with Crippen molar-refractivity contribution in [3.8, 4) is 0 Å². The largest absolute Gasteiger partial charge is 0.297 e. The summed E-state index contributed by atoms with van der Waals surface area (Å²) in [4.78, 5) is 11.9. The van der Waals surface area contributed by atoms with Gasteiger partial charge in [-0.05, 0) is 24.7 Å². The molecule has 0 aromatic heterocycles. The highest BCUT2D eigenvalue weighted by molar-refractivity contribution is 8.13. The van der Waals surface area contributed by atoms with Gasteiger partial charge in [-0.1, -0.05) is 30.3 Å². The van der Waals surface area contributed by atoms with E-state index in [2.05, 4.69) is 0 Å². The Balaban J connectivity index is 2.51. The van der Waals surface area contributed by atoms with Gasteiger partial charge in [0.25, 0.3) is 0 Å². The molecule has 1 aromatic rings. The summed E-state index contributed by atoms with van der Waals surface area (Å²) in [6.45, 7) is 1.54. The molecule has 16 heavy (non-hydrogen) atoms. The van der Waals surface area contributed by atoms with Gasteiger partial charge in [0.05, 0.1) is 0 Å². The van der Waals surface area contributed by atoms with Crippen molar-refractivity contribution in [2.45, 2.75) is 17.4 Å². The van der Waals surface area contributed by atoms with Crippen LogP contribution in [0.2, 0.25) is 0 Å². The highest BCUT2D eigenvalue weighted by Gasteiger charge is 2.45. The van der Waals surface area contributed by atoms with Gasteiger partial charge < -0.3 is 0 Å². The van der Waals surface area contributed by atoms with E-state index in [0.717, 1.165) is 17.7 Å². The van der Waals surface area contributed by atoms with Crippen LogP contribution in [0.25, 0.3) is 0 Å². The second-order valence-corrected chi connectivity index (χ2v) is 7.07. The SMILES string of the molecule is CC(=O)[C@@]1(c2ccccc2)SCCCS1=O. The number of carbonyl (C=O) groups excluding carboxylic acids is 1. The van der Waals surface area contributed by atoms with Crippen LogP contribution in [0.15, 0.2) is 30.3 Å². The Morgan fingerprint density at radius 3 is 2.62 bits per heavy atom.